The number of hydrogen-bond acceptors (Lipinski definition) is 4. The Hall–Kier alpha value is -0.690. The molecule has 0 aromatic heterocycles. The van der Waals surface area contributed by atoms with E-state index in [2.05, 4.69) is 4.74 Å². The number of amides is 1. The molecule has 1 amide bonds. The lowest BCUT2D eigenvalue weighted by atomic mass is 10.5. The zero-order valence-electron chi connectivity index (χ0n) is 7.57. The van der Waals surface area contributed by atoms with E-state index in [9.17, 15) is 17.6 Å². The molecule has 5 nitrogen and oxygen atoms in total. The summed E-state index contributed by atoms with van der Waals surface area (Å²) in [4.78, 5) is 10.7. The minimum absolute atomic E-state index is 0.486. The highest BCUT2D eigenvalue weighted by atomic mass is 32.2. The second-order valence-corrected chi connectivity index (χ2v) is 4.49. The first-order chi connectivity index (χ1) is 5.72. The van der Waals surface area contributed by atoms with Gasteiger partial charge in [-0.2, -0.15) is 0 Å². The van der Waals surface area contributed by atoms with Crippen molar-refractivity contribution >= 4 is 15.9 Å². The first-order valence-corrected chi connectivity index (χ1v) is 5.42. The van der Waals surface area contributed by atoms with Gasteiger partial charge in [0.05, 0.1) is 12.4 Å². The Morgan fingerprint density at radius 1 is 1.46 bits per heavy atom. The number of carbonyl (C=O) groups excluding carboxylic acids is 1. The monoisotopic (exact) mass is 213 g/mol. The molecule has 1 unspecified atom stereocenters. The summed E-state index contributed by atoms with van der Waals surface area (Å²) in [6, 6.07) is 0. The van der Waals surface area contributed by atoms with Crippen LogP contribution in [0, 0.1) is 0 Å². The van der Waals surface area contributed by atoms with Gasteiger partial charge in [0.2, 0.25) is 10.0 Å². The fourth-order valence-corrected chi connectivity index (χ4v) is 0.988. The largest absolute Gasteiger partial charge is 0.338 e. The van der Waals surface area contributed by atoms with Crippen molar-refractivity contribution in [3.05, 3.63) is 0 Å². The van der Waals surface area contributed by atoms with Crippen molar-refractivity contribution in [3.8, 4) is 0 Å². The molecule has 0 bridgehead atoms. The molecule has 0 rings (SSSR count). The number of hydrogen-bond donors (Lipinski definition) is 1. The van der Waals surface area contributed by atoms with Crippen LogP contribution in [0.25, 0.3) is 0 Å². The molecule has 13 heavy (non-hydrogen) atoms. The third-order valence-corrected chi connectivity index (χ3v) is 1.46. The Morgan fingerprint density at radius 2 is 1.92 bits per heavy atom. The average molecular weight is 213 g/mol. The number of halogens is 1. The molecule has 0 radical (unpaired) electrons. The topological polar surface area (TPSA) is 72.5 Å². The summed E-state index contributed by atoms with van der Waals surface area (Å²) in [5, 5.41) is 0. The highest BCUT2D eigenvalue weighted by Crippen LogP contribution is 1.99. The summed E-state index contributed by atoms with van der Waals surface area (Å²) in [6.07, 6.45) is -1.98. The molecule has 0 aliphatic heterocycles. The molecule has 1 atom stereocenters. The molecular formula is C6H12FNO4S. The third-order valence-electron chi connectivity index (χ3n) is 0.884. The van der Waals surface area contributed by atoms with Crippen molar-refractivity contribution in [1.29, 1.82) is 0 Å². The maximum Gasteiger partial charge on any atom is 0.295 e. The van der Waals surface area contributed by atoms with Gasteiger partial charge >= 0.3 is 0 Å². The molecule has 0 fully saturated rings. The Kier molecular flexibility index (Phi) is 4.28. The molecular weight excluding hydrogens is 201 g/mol. The van der Waals surface area contributed by atoms with Crippen molar-refractivity contribution in [2.45, 2.75) is 26.3 Å². The normalized spacial score (nSPS) is 14.2. The van der Waals surface area contributed by atoms with E-state index < -0.39 is 28.4 Å². The predicted octanol–water partition coefficient (Wildman–Crippen LogP) is -0.217. The van der Waals surface area contributed by atoms with Crippen LogP contribution in [0.1, 0.15) is 13.8 Å². The second kappa shape index (κ2) is 4.52. The van der Waals surface area contributed by atoms with Crippen LogP contribution in [0.3, 0.4) is 0 Å². The minimum atomic E-state index is -3.72. The van der Waals surface area contributed by atoms with Crippen LogP contribution in [0.15, 0.2) is 0 Å². The van der Waals surface area contributed by atoms with E-state index in [0.717, 1.165) is 6.26 Å². The Balaban J connectivity index is 4.13. The van der Waals surface area contributed by atoms with E-state index in [-0.39, 0.29) is 0 Å². The summed E-state index contributed by atoms with van der Waals surface area (Å²) in [5.74, 6) is -1.31. The molecule has 0 saturated carbocycles. The van der Waals surface area contributed by atoms with Gasteiger partial charge in [0.25, 0.3) is 12.3 Å². The van der Waals surface area contributed by atoms with E-state index in [4.69, 9.17) is 0 Å². The molecule has 78 valence electrons. The van der Waals surface area contributed by atoms with Crippen LogP contribution in [-0.2, 0) is 19.6 Å². The number of sulfonamides is 1. The SMILES string of the molecule is CC(C)OC(F)C(=O)NS(C)(=O)=O. The van der Waals surface area contributed by atoms with E-state index in [1.807, 2.05) is 0 Å². The maximum atomic E-state index is 12.7. The average Bonchev–Trinajstić information content (AvgIpc) is 1.81. The lowest BCUT2D eigenvalue weighted by molar-refractivity contribution is -0.147. The molecule has 0 aliphatic rings. The molecule has 0 aromatic rings. The number of rotatable bonds is 4. The quantitative estimate of drug-likeness (QED) is 0.701. The minimum Gasteiger partial charge on any atom is -0.338 e. The smallest absolute Gasteiger partial charge is 0.295 e. The molecule has 0 aliphatic carbocycles. The van der Waals surface area contributed by atoms with Gasteiger partial charge in [-0.1, -0.05) is 0 Å². The first kappa shape index (κ1) is 12.3. The van der Waals surface area contributed by atoms with Gasteiger partial charge in [0.15, 0.2) is 0 Å². The molecule has 0 heterocycles. The fraction of sp³-hybridized carbons (Fsp3) is 0.833. The molecule has 0 aromatic carbocycles. The van der Waals surface area contributed by atoms with Gasteiger partial charge in [0.1, 0.15) is 0 Å². The Labute approximate surface area is 76.3 Å². The van der Waals surface area contributed by atoms with E-state index >= 15 is 0 Å². The van der Waals surface area contributed by atoms with Crippen LogP contribution in [0.5, 0.6) is 0 Å². The summed E-state index contributed by atoms with van der Waals surface area (Å²) in [7, 11) is -3.72. The van der Waals surface area contributed by atoms with Gasteiger partial charge in [-0.3, -0.25) is 4.79 Å². The van der Waals surface area contributed by atoms with Crippen molar-refractivity contribution < 1.29 is 22.3 Å². The Morgan fingerprint density at radius 3 is 2.23 bits per heavy atom. The summed E-state index contributed by atoms with van der Waals surface area (Å²) >= 11 is 0. The lowest BCUT2D eigenvalue weighted by Gasteiger charge is -2.11. The number of nitrogens with one attached hydrogen (secondary N) is 1. The van der Waals surface area contributed by atoms with Gasteiger partial charge < -0.3 is 4.74 Å². The third kappa shape index (κ3) is 6.47. The summed E-state index contributed by atoms with van der Waals surface area (Å²) in [5.41, 5.74) is 0. The van der Waals surface area contributed by atoms with Crippen LogP contribution in [-0.4, -0.2) is 33.0 Å². The van der Waals surface area contributed by atoms with E-state index in [1.54, 1.807) is 0 Å². The molecule has 1 N–H and O–H groups in total. The maximum absolute atomic E-state index is 12.7. The van der Waals surface area contributed by atoms with Crippen molar-refractivity contribution in [2.24, 2.45) is 0 Å². The highest BCUT2D eigenvalue weighted by molar-refractivity contribution is 7.89. The molecule has 7 heteroatoms. The second-order valence-electron chi connectivity index (χ2n) is 2.74. The van der Waals surface area contributed by atoms with Crippen LogP contribution in [0.2, 0.25) is 0 Å². The van der Waals surface area contributed by atoms with Gasteiger partial charge in [-0.15, -0.1) is 0 Å². The summed E-state index contributed by atoms with van der Waals surface area (Å²) in [6.45, 7) is 3.06. The van der Waals surface area contributed by atoms with Crippen molar-refractivity contribution in [2.75, 3.05) is 6.26 Å². The van der Waals surface area contributed by atoms with E-state index in [1.165, 1.54) is 18.6 Å². The molecule has 0 spiro atoms. The number of carbonyl (C=O) groups is 1. The van der Waals surface area contributed by atoms with Gasteiger partial charge in [0, 0.05) is 0 Å². The standard InChI is InChI=1S/C6H12FNO4S/c1-4(2)12-5(7)6(9)8-13(3,10)11/h4-5H,1-3H3,(H,8,9). The highest BCUT2D eigenvalue weighted by Gasteiger charge is 2.21. The van der Waals surface area contributed by atoms with Crippen molar-refractivity contribution in [1.82, 2.24) is 4.72 Å². The van der Waals surface area contributed by atoms with Gasteiger partial charge in [-0.25, -0.2) is 17.5 Å². The van der Waals surface area contributed by atoms with Gasteiger partial charge in [-0.05, 0) is 13.8 Å². The van der Waals surface area contributed by atoms with Crippen LogP contribution in [0.4, 0.5) is 4.39 Å². The number of ether oxygens (including phenoxy) is 1. The first-order valence-electron chi connectivity index (χ1n) is 3.53. The van der Waals surface area contributed by atoms with Crippen molar-refractivity contribution in [3.63, 3.8) is 0 Å². The molecule has 0 saturated heterocycles. The zero-order valence-corrected chi connectivity index (χ0v) is 8.39. The predicted molar refractivity (Wildman–Crippen MR) is 44.1 cm³/mol. The van der Waals surface area contributed by atoms with Crippen LogP contribution >= 0.6 is 0 Å². The lowest BCUT2D eigenvalue weighted by Crippen LogP contribution is -2.38. The number of alkyl halides is 1. The van der Waals surface area contributed by atoms with E-state index in [0.29, 0.717) is 0 Å². The Bertz CT molecular complexity index is 274. The fourth-order valence-electron chi connectivity index (χ4n) is 0.530. The zero-order chi connectivity index (χ0) is 10.6. The summed E-state index contributed by atoms with van der Waals surface area (Å²) < 4.78 is 39.5. The van der Waals surface area contributed by atoms with Crippen LogP contribution < -0.4 is 4.72 Å².